The summed E-state index contributed by atoms with van der Waals surface area (Å²) in [5.74, 6) is 0.354. The molecular weight excluding hydrogens is 339 g/mol. The molecule has 0 saturated heterocycles. The van der Waals surface area contributed by atoms with Gasteiger partial charge in [0.2, 0.25) is 0 Å². The molecule has 128 valence electrons. The zero-order valence-corrected chi connectivity index (χ0v) is 14.5. The smallest absolute Gasteiger partial charge is 0.257 e. The van der Waals surface area contributed by atoms with Crippen molar-refractivity contribution in [2.45, 2.75) is 13.3 Å². The summed E-state index contributed by atoms with van der Waals surface area (Å²) in [5, 5.41) is 3.37. The van der Waals surface area contributed by atoms with Gasteiger partial charge in [0.05, 0.1) is 16.5 Å². The lowest BCUT2D eigenvalue weighted by Crippen LogP contribution is -2.11. The molecule has 0 radical (unpaired) electrons. The van der Waals surface area contributed by atoms with Gasteiger partial charge < -0.3 is 4.74 Å². The monoisotopic (exact) mass is 356 g/mol. The molecule has 6 heteroatoms. The largest absolute Gasteiger partial charge is 0.489 e. The van der Waals surface area contributed by atoms with E-state index in [-0.39, 0.29) is 12.5 Å². The van der Waals surface area contributed by atoms with Gasteiger partial charge in [-0.05, 0) is 48.4 Å². The van der Waals surface area contributed by atoms with E-state index in [0.717, 1.165) is 10.2 Å². The highest BCUT2D eigenvalue weighted by atomic mass is 32.1. The molecule has 1 N–H and O–H groups in total. The van der Waals surface area contributed by atoms with Crippen molar-refractivity contribution in [3.05, 3.63) is 66.0 Å². The Labute approximate surface area is 149 Å². The summed E-state index contributed by atoms with van der Waals surface area (Å²) < 4.78 is 19.0. The first kappa shape index (κ1) is 17.1. The lowest BCUT2D eigenvalue weighted by atomic mass is 10.2. The third-order valence-electron chi connectivity index (χ3n) is 3.66. The Hall–Kier alpha value is -2.73. The molecular formula is C19H17FN2O2S. The van der Waals surface area contributed by atoms with Crippen LogP contribution in [0, 0.1) is 0 Å². The molecule has 0 bridgehead atoms. The molecule has 0 aliphatic heterocycles. The number of thiazole rings is 1. The average Bonchev–Trinajstić information content (AvgIpc) is 3.05. The van der Waals surface area contributed by atoms with Gasteiger partial charge >= 0.3 is 0 Å². The Balaban J connectivity index is 1.64. The fraction of sp³-hybridized carbons (Fsp3) is 0.158. The van der Waals surface area contributed by atoms with Gasteiger partial charge in [-0.2, -0.15) is 0 Å². The minimum Gasteiger partial charge on any atom is -0.489 e. The first-order chi connectivity index (χ1) is 12.2. The number of carbonyl (C=O) groups excluding carboxylic acids is 1. The molecule has 2 aromatic carbocycles. The van der Waals surface area contributed by atoms with E-state index in [1.54, 1.807) is 24.3 Å². The maximum atomic E-state index is 12.5. The van der Waals surface area contributed by atoms with Crippen LogP contribution in [-0.2, 0) is 0 Å². The normalized spacial score (nSPS) is 11.5. The summed E-state index contributed by atoms with van der Waals surface area (Å²) in [6.07, 6.45) is 1.17. The van der Waals surface area contributed by atoms with E-state index in [9.17, 15) is 9.18 Å². The fourth-order valence-corrected chi connectivity index (χ4v) is 3.05. The molecule has 0 unspecified atom stereocenters. The number of nitrogens with one attached hydrogen (secondary N) is 1. The highest BCUT2D eigenvalue weighted by Gasteiger charge is 2.10. The van der Waals surface area contributed by atoms with E-state index >= 15 is 0 Å². The van der Waals surface area contributed by atoms with E-state index < -0.39 is 0 Å². The van der Waals surface area contributed by atoms with Crippen LogP contribution in [0.25, 0.3) is 10.2 Å². The summed E-state index contributed by atoms with van der Waals surface area (Å²) in [4.78, 5) is 16.7. The van der Waals surface area contributed by atoms with Gasteiger partial charge in [0.15, 0.2) is 5.13 Å². The average molecular weight is 356 g/mol. The third kappa shape index (κ3) is 4.22. The number of amides is 1. The minimum atomic E-state index is -0.233. The van der Waals surface area contributed by atoms with E-state index in [0.29, 0.717) is 34.8 Å². The first-order valence-electron chi connectivity index (χ1n) is 7.87. The number of carbonyl (C=O) groups is 1. The van der Waals surface area contributed by atoms with Crippen LogP contribution < -0.4 is 10.1 Å². The predicted molar refractivity (Wildman–Crippen MR) is 99.0 cm³/mol. The van der Waals surface area contributed by atoms with Crippen LogP contribution in [0.5, 0.6) is 5.75 Å². The molecule has 1 amide bonds. The van der Waals surface area contributed by atoms with Crippen LogP contribution in [0.2, 0.25) is 0 Å². The Morgan fingerprint density at radius 2 is 2.00 bits per heavy atom. The molecule has 0 aliphatic carbocycles. The number of benzene rings is 2. The van der Waals surface area contributed by atoms with E-state index in [4.69, 9.17) is 4.74 Å². The minimum absolute atomic E-state index is 0.199. The second kappa shape index (κ2) is 7.90. The number of halogens is 1. The van der Waals surface area contributed by atoms with Crippen LogP contribution >= 0.6 is 11.3 Å². The Morgan fingerprint density at radius 3 is 2.68 bits per heavy atom. The molecule has 3 aromatic rings. The Morgan fingerprint density at radius 1 is 1.24 bits per heavy atom. The van der Waals surface area contributed by atoms with E-state index in [1.807, 2.05) is 31.2 Å². The summed E-state index contributed by atoms with van der Waals surface area (Å²) in [7, 11) is 0. The summed E-state index contributed by atoms with van der Waals surface area (Å²) in [6, 6.07) is 14.4. The van der Waals surface area contributed by atoms with Crippen LogP contribution in [0.3, 0.4) is 0 Å². The van der Waals surface area contributed by atoms with Crippen molar-refractivity contribution in [3.63, 3.8) is 0 Å². The number of fused-ring (bicyclic) bond motifs is 1. The fourth-order valence-electron chi connectivity index (χ4n) is 2.18. The van der Waals surface area contributed by atoms with Crippen molar-refractivity contribution in [1.29, 1.82) is 0 Å². The number of anilines is 1. The van der Waals surface area contributed by atoms with Crippen molar-refractivity contribution in [1.82, 2.24) is 4.98 Å². The summed E-state index contributed by atoms with van der Waals surface area (Å²) >= 11 is 1.43. The van der Waals surface area contributed by atoms with Crippen molar-refractivity contribution < 1.29 is 13.9 Å². The van der Waals surface area contributed by atoms with Gasteiger partial charge in [-0.1, -0.05) is 30.4 Å². The topological polar surface area (TPSA) is 51.2 Å². The van der Waals surface area contributed by atoms with Crippen LogP contribution in [0.4, 0.5) is 9.52 Å². The zero-order chi connectivity index (χ0) is 17.6. The highest BCUT2D eigenvalue weighted by molar-refractivity contribution is 7.22. The van der Waals surface area contributed by atoms with Crippen LogP contribution in [-0.4, -0.2) is 17.5 Å². The molecule has 1 heterocycles. The zero-order valence-electron chi connectivity index (χ0n) is 13.7. The quantitative estimate of drug-likeness (QED) is 0.661. The molecule has 0 spiro atoms. The Kier molecular flexibility index (Phi) is 5.40. The Bertz CT molecular complexity index is 870. The van der Waals surface area contributed by atoms with E-state index in [1.165, 1.54) is 11.3 Å². The number of ether oxygens (including phenoxy) is 1. The van der Waals surface area contributed by atoms with Gasteiger partial charge in [-0.25, -0.2) is 9.37 Å². The number of hydrogen-bond acceptors (Lipinski definition) is 4. The number of para-hydroxylation sites is 1. The SMILES string of the molecule is CCC(=CF)COc1ccc(C(=O)Nc2nc3ccccc3s2)cc1. The predicted octanol–water partition coefficient (Wildman–Crippen LogP) is 5.19. The molecule has 4 nitrogen and oxygen atoms in total. The molecule has 0 fully saturated rings. The van der Waals surface area contributed by atoms with Crippen molar-refractivity contribution in [2.24, 2.45) is 0 Å². The molecule has 0 saturated carbocycles. The lowest BCUT2D eigenvalue weighted by molar-refractivity contribution is 0.102. The highest BCUT2D eigenvalue weighted by Crippen LogP contribution is 2.26. The van der Waals surface area contributed by atoms with Crippen LogP contribution in [0.15, 0.2) is 60.4 Å². The van der Waals surface area contributed by atoms with Crippen molar-refractivity contribution in [2.75, 3.05) is 11.9 Å². The van der Waals surface area contributed by atoms with Gasteiger partial charge in [0.25, 0.3) is 5.91 Å². The van der Waals surface area contributed by atoms with Crippen molar-refractivity contribution >= 4 is 32.6 Å². The molecule has 0 atom stereocenters. The second-order valence-corrected chi connectivity index (χ2v) is 6.41. The number of nitrogens with zero attached hydrogens (tertiary/aromatic N) is 1. The van der Waals surface area contributed by atoms with Crippen LogP contribution in [0.1, 0.15) is 23.7 Å². The molecule has 3 rings (SSSR count). The van der Waals surface area contributed by atoms with Gasteiger partial charge in [0.1, 0.15) is 12.4 Å². The summed E-state index contributed by atoms with van der Waals surface area (Å²) in [5.41, 5.74) is 1.94. The van der Waals surface area contributed by atoms with Gasteiger partial charge in [-0.15, -0.1) is 0 Å². The van der Waals surface area contributed by atoms with E-state index in [2.05, 4.69) is 10.3 Å². The van der Waals surface area contributed by atoms with Crippen molar-refractivity contribution in [3.8, 4) is 5.75 Å². The second-order valence-electron chi connectivity index (χ2n) is 5.37. The number of aromatic nitrogens is 1. The van der Waals surface area contributed by atoms with Gasteiger partial charge in [0, 0.05) is 5.56 Å². The number of rotatable bonds is 6. The van der Waals surface area contributed by atoms with Gasteiger partial charge in [-0.3, -0.25) is 10.1 Å². The number of hydrogen-bond donors (Lipinski definition) is 1. The molecule has 1 aromatic heterocycles. The summed E-state index contributed by atoms with van der Waals surface area (Å²) in [6.45, 7) is 2.06. The molecule has 0 aliphatic rings. The molecule has 25 heavy (non-hydrogen) atoms. The standard InChI is InChI=1S/C19H17FN2O2S/c1-2-13(11-20)12-24-15-9-7-14(8-10-15)18(23)22-19-21-16-5-3-4-6-17(16)25-19/h3-11H,2,12H2,1H3,(H,21,22,23). The lowest BCUT2D eigenvalue weighted by Gasteiger charge is -2.08. The maximum absolute atomic E-state index is 12.5. The maximum Gasteiger partial charge on any atom is 0.257 e. The first-order valence-corrected chi connectivity index (χ1v) is 8.69. The third-order valence-corrected chi connectivity index (χ3v) is 4.62.